The van der Waals surface area contributed by atoms with Crippen LogP contribution in [-0.4, -0.2) is 65.7 Å². The molecule has 0 aliphatic heterocycles. The number of carboxylic acid groups (broad SMARTS) is 1. The zero-order valence-electron chi connectivity index (χ0n) is 12.9. The number of rotatable bonds is 6. The number of carbonyl (C=O) groups is 2. The molecule has 1 unspecified atom stereocenters. The number of aliphatic carboxylic acids is 1. The van der Waals surface area contributed by atoms with Crippen LogP contribution in [0.3, 0.4) is 0 Å². The highest BCUT2D eigenvalue weighted by atomic mass is 16.4. The van der Waals surface area contributed by atoms with Gasteiger partial charge in [0.1, 0.15) is 6.54 Å². The minimum atomic E-state index is -1.01. The third kappa shape index (κ3) is 7.66. The average Bonchev–Trinajstić information content (AvgIpc) is 2.21. The minimum absolute atomic E-state index is 0.00791. The fourth-order valence-corrected chi connectivity index (χ4v) is 1.56. The molecule has 0 rings (SSSR count). The first-order chi connectivity index (χ1) is 8.54. The Bertz CT molecular complexity index is 311. The topological polar surface area (TPSA) is 72.9 Å². The molecule has 0 bridgehead atoms. The van der Waals surface area contributed by atoms with Crippen molar-refractivity contribution in [3.8, 4) is 0 Å². The summed E-state index contributed by atoms with van der Waals surface area (Å²) in [6, 6.07) is -0.324. The maximum absolute atomic E-state index is 12.1. The third-order valence-corrected chi connectivity index (χ3v) is 2.73. The maximum Gasteiger partial charge on any atom is 0.323 e. The van der Waals surface area contributed by atoms with Crippen LogP contribution in [0.25, 0.3) is 0 Å². The van der Waals surface area contributed by atoms with Gasteiger partial charge in [0.05, 0.1) is 0 Å². The highest BCUT2D eigenvalue weighted by Crippen LogP contribution is 2.13. The van der Waals surface area contributed by atoms with Gasteiger partial charge in [-0.15, -0.1) is 0 Å². The second-order valence-electron chi connectivity index (χ2n) is 6.09. The first-order valence-corrected chi connectivity index (χ1v) is 6.48. The lowest BCUT2D eigenvalue weighted by Crippen LogP contribution is -2.54. The van der Waals surface area contributed by atoms with E-state index >= 15 is 0 Å². The van der Waals surface area contributed by atoms with Gasteiger partial charge in [-0.3, -0.25) is 4.79 Å². The molecule has 2 amide bonds. The lowest BCUT2D eigenvalue weighted by Gasteiger charge is -2.35. The SMILES string of the molecule is CC(CCN(C)C)NC(=O)N(CC(=O)O)C(C)(C)C. The van der Waals surface area contributed by atoms with Gasteiger partial charge in [-0.25, -0.2) is 4.79 Å². The summed E-state index contributed by atoms with van der Waals surface area (Å²) >= 11 is 0. The molecule has 0 aromatic carbocycles. The number of hydrogen-bond acceptors (Lipinski definition) is 3. The predicted octanol–water partition coefficient (Wildman–Crippen LogP) is 1.22. The standard InChI is InChI=1S/C13H27N3O3/c1-10(7-8-15(5)6)14-12(19)16(9-11(17)18)13(2,3)4/h10H,7-9H2,1-6H3,(H,14,19)(H,17,18). The fraction of sp³-hybridized carbons (Fsp3) is 0.846. The van der Waals surface area contributed by atoms with E-state index in [1.54, 1.807) is 0 Å². The Balaban J connectivity index is 4.52. The quantitative estimate of drug-likeness (QED) is 0.763. The smallest absolute Gasteiger partial charge is 0.323 e. The third-order valence-electron chi connectivity index (χ3n) is 2.73. The van der Waals surface area contributed by atoms with Crippen LogP contribution in [0, 0.1) is 0 Å². The lowest BCUT2D eigenvalue weighted by molar-refractivity contribution is -0.138. The predicted molar refractivity (Wildman–Crippen MR) is 75.3 cm³/mol. The molecular weight excluding hydrogens is 246 g/mol. The molecular formula is C13H27N3O3. The van der Waals surface area contributed by atoms with Gasteiger partial charge in [-0.2, -0.15) is 0 Å². The number of carboxylic acids is 1. The van der Waals surface area contributed by atoms with Crippen molar-refractivity contribution in [2.75, 3.05) is 27.2 Å². The van der Waals surface area contributed by atoms with Crippen LogP contribution in [0.2, 0.25) is 0 Å². The Morgan fingerprint density at radius 2 is 1.79 bits per heavy atom. The number of hydrogen-bond donors (Lipinski definition) is 2. The first kappa shape index (κ1) is 17.7. The fourth-order valence-electron chi connectivity index (χ4n) is 1.56. The van der Waals surface area contributed by atoms with E-state index in [-0.39, 0.29) is 18.6 Å². The number of carbonyl (C=O) groups excluding carboxylic acids is 1. The second-order valence-corrected chi connectivity index (χ2v) is 6.09. The van der Waals surface area contributed by atoms with Gasteiger partial charge in [-0.05, 0) is 54.8 Å². The second kappa shape index (κ2) is 7.33. The molecule has 6 nitrogen and oxygen atoms in total. The first-order valence-electron chi connectivity index (χ1n) is 6.48. The Kier molecular flexibility index (Phi) is 6.83. The summed E-state index contributed by atoms with van der Waals surface area (Å²) in [5.74, 6) is -1.01. The van der Waals surface area contributed by atoms with Crippen molar-refractivity contribution < 1.29 is 14.7 Å². The summed E-state index contributed by atoms with van der Waals surface area (Å²) in [4.78, 5) is 26.3. The van der Waals surface area contributed by atoms with Gasteiger partial charge in [-0.1, -0.05) is 0 Å². The van der Waals surface area contributed by atoms with E-state index in [0.29, 0.717) is 0 Å². The molecule has 0 fully saturated rings. The highest BCUT2D eigenvalue weighted by Gasteiger charge is 2.28. The van der Waals surface area contributed by atoms with Gasteiger partial charge < -0.3 is 20.2 Å². The van der Waals surface area contributed by atoms with Gasteiger partial charge in [0.2, 0.25) is 0 Å². The summed E-state index contributed by atoms with van der Waals surface area (Å²) in [6.07, 6.45) is 0.823. The normalized spacial score (nSPS) is 13.2. The van der Waals surface area contributed by atoms with Crippen LogP contribution in [0.1, 0.15) is 34.1 Å². The van der Waals surface area contributed by atoms with E-state index in [4.69, 9.17) is 5.11 Å². The molecule has 112 valence electrons. The van der Waals surface area contributed by atoms with Crippen LogP contribution in [0.5, 0.6) is 0 Å². The molecule has 0 aromatic rings. The Hall–Kier alpha value is -1.30. The molecule has 0 aliphatic rings. The molecule has 0 saturated heterocycles. The monoisotopic (exact) mass is 273 g/mol. The Morgan fingerprint density at radius 1 is 1.26 bits per heavy atom. The molecule has 0 saturated carbocycles. The van der Waals surface area contributed by atoms with Crippen molar-refractivity contribution in [2.24, 2.45) is 0 Å². The Morgan fingerprint density at radius 3 is 2.16 bits per heavy atom. The average molecular weight is 273 g/mol. The number of nitrogens with zero attached hydrogens (tertiary/aromatic N) is 2. The van der Waals surface area contributed by atoms with E-state index in [1.807, 2.05) is 46.7 Å². The zero-order valence-corrected chi connectivity index (χ0v) is 12.9. The lowest BCUT2D eigenvalue weighted by atomic mass is 10.1. The zero-order chi connectivity index (χ0) is 15.2. The summed E-state index contributed by atoms with van der Waals surface area (Å²) in [5, 5.41) is 11.7. The van der Waals surface area contributed by atoms with Crippen LogP contribution >= 0.6 is 0 Å². The van der Waals surface area contributed by atoms with Crippen molar-refractivity contribution in [1.82, 2.24) is 15.1 Å². The van der Waals surface area contributed by atoms with Gasteiger partial charge in [0.25, 0.3) is 0 Å². The maximum atomic E-state index is 12.1. The molecule has 0 aliphatic carbocycles. The summed E-state index contributed by atoms with van der Waals surface area (Å²) in [7, 11) is 3.95. The van der Waals surface area contributed by atoms with Gasteiger partial charge >= 0.3 is 12.0 Å². The largest absolute Gasteiger partial charge is 0.480 e. The van der Waals surface area contributed by atoms with E-state index < -0.39 is 11.5 Å². The molecule has 0 aromatic heterocycles. The molecule has 1 atom stereocenters. The number of urea groups is 1. The van der Waals surface area contributed by atoms with Gasteiger partial charge in [0.15, 0.2) is 0 Å². The highest BCUT2D eigenvalue weighted by molar-refractivity contribution is 5.80. The van der Waals surface area contributed by atoms with Crippen molar-refractivity contribution in [3.05, 3.63) is 0 Å². The molecule has 0 heterocycles. The Labute approximate surface area is 115 Å². The van der Waals surface area contributed by atoms with Crippen molar-refractivity contribution in [1.29, 1.82) is 0 Å². The molecule has 2 N–H and O–H groups in total. The molecule has 0 spiro atoms. The summed E-state index contributed by atoms with van der Waals surface area (Å²) < 4.78 is 0. The minimum Gasteiger partial charge on any atom is -0.480 e. The molecule has 19 heavy (non-hydrogen) atoms. The summed E-state index contributed by atoms with van der Waals surface area (Å²) in [5.41, 5.74) is -0.524. The van der Waals surface area contributed by atoms with E-state index in [9.17, 15) is 9.59 Å². The van der Waals surface area contributed by atoms with Crippen LogP contribution in [-0.2, 0) is 4.79 Å². The summed E-state index contributed by atoms with van der Waals surface area (Å²) in [6.45, 7) is 7.95. The number of amides is 2. The van der Waals surface area contributed by atoms with Crippen LogP contribution < -0.4 is 5.32 Å². The van der Waals surface area contributed by atoms with E-state index in [0.717, 1.165) is 13.0 Å². The van der Waals surface area contributed by atoms with E-state index in [1.165, 1.54) is 4.90 Å². The molecule has 0 radical (unpaired) electrons. The van der Waals surface area contributed by atoms with Crippen molar-refractivity contribution in [3.63, 3.8) is 0 Å². The van der Waals surface area contributed by atoms with Crippen molar-refractivity contribution in [2.45, 2.75) is 45.7 Å². The van der Waals surface area contributed by atoms with Crippen molar-refractivity contribution >= 4 is 12.0 Å². The van der Waals surface area contributed by atoms with Gasteiger partial charge in [0, 0.05) is 11.6 Å². The van der Waals surface area contributed by atoms with Crippen LogP contribution in [0.15, 0.2) is 0 Å². The van der Waals surface area contributed by atoms with E-state index in [2.05, 4.69) is 5.32 Å². The molecule has 6 heteroatoms. The van der Waals surface area contributed by atoms with Crippen LogP contribution in [0.4, 0.5) is 4.79 Å². The number of nitrogens with one attached hydrogen (secondary N) is 1.